The third kappa shape index (κ3) is 3.23. The Kier molecular flexibility index (Phi) is 4.78. The van der Waals surface area contributed by atoms with Gasteiger partial charge in [0.2, 0.25) is 0 Å². The van der Waals surface area contributed by atoms with Crippen LogP contribution in [-0.4, -0.2) is 23.5 Å². The standard InChI is InChI=1S/C16H16F2N2O3/c1-4-23-16(22)12-8(2)13(19-9(12)3)15(21)20-14-10(17)6-5-7-11(14)18/h5-7,19H,4H2,1-3H3,(H,20,21). The first-order valence-corrected chi connectivity index (χ1v) is 6.98. The molecule has 0 radical (unpaired) electrons. The number of esters is 1. The Bertz CT molecular complexity index is 749. The summed E-state index contributed by atoms with van der Waals surface area (Å²) in [6.07, 6.45) is 0. The smallest absolute Gasteiger partial charge is 0.340 e. The molecule has 0 saturated heterocycles. The molecule has 1 aromatic heterocycles. The molecule has 122 valence electrons. The van der Waals surface area contributed by atoms with Gasteiger partial charge in [-0.3, -0.25) is 4.79 Å². The van der Waals surface area contributed by atoms with Crippen molar-refractivity contribution >= 4 is 17.6 Å². The third-order valence-electron chi connectivity index (χ3n) is 3.35. The number of hydrogen-bond donors (Lipinski definition) is 2. The van der Waals surface area contributed by atoms with Crippen LogP contribution in [0.15, 0.2) is 18.2 Å². The van der Waals surface area contributed by atoms with Gasteiger partial charge in [-0.1, -0.05) is 6.07 Å². The molecule has 0 atom stereocenters. The largest absolute Gasteiger partial charge is 0.462 e. The van der Waals surface area contributed by atoms with Gasteiger partial charge in [0, 0.05) is 5.69 Å². The Balaban J connectivity index is 2.34. The lowest BCUT2D eigenvalue weighted by Gasteiger charge is -2.07. The van der Waals surface area contributed by atoms with Gasteiger partial charge < -0.3 is 15.0 Å². The molecule has 7 heteroatoms. The van der Waals surface area contributed by atoms with Gasteiger partial charge in [0.1, 0.15) is 23.0 Å². The van der Waals surface area contributed by atoms with Gasteiger partial charge in [-0.05, 0) is 38.5 Å². The third-order valence-corrected chi connectivity index (χ3v) is 3.35. The predicted molar refractivity (Wildman–Crippen MR) is 80.5 cm³/mol. The van der Waals surface area contributed by atoms with E-state index in [0.29, 0.717) is 11.3 Å². The molecule has 0 aliphatic heterocycles. The van der Waals surface area contributed by atoms with Gasteiger partial charge in [-0.25, -0.2) is 13.6 Å². The molecule has 2 rings (SSSR count). The number of nitrogens with one attached hydrogen (secondary N) is 2. The highest BCUT2D eigenvalue weighted by atomic mass is 19.1. The van der Waals surface area contributed by atoms with Crippen LogP contribution in [0.4, 0.5) is 14.5 Å². The molecule has 1 aromatic carbocycles. The highest BCUT2D eigenvalue weighted by Crippen LogP contribution is 2.22. The lowest BCUT2D eigenvalue weighted by Crippen LogP contribution is -2.16. The quantitative estimate of drug-likeness (QED) is 0.848. The van der Waals surface area contributed by atoms with Crippen molar-refractivity contribution in [2.45, 2.75) is 20.8 Å². The van der Waals surface area contributed by atoms with Crippen LogP contribution >= 0.6 is 0 Å². The number of ether oxygens (including phenoxy) is 1. The van der Waals surface area contributed by atoms with Gasteiger partial charge >= 0.3 is 5.97 Å². The minimum absolute atomic E-state index is 0.0493. The van der Waals surface area contributed by atoms with Gasteiger partial charge in [-0.2, -0.15) is 0 Å². The van der Waals surface area contributed by atoms with E-state index in [1.54, 1.807) is 20.8 Å². The van der Waals surface area contributed by atoms with Crippen molar-refractivity contribution in [3.8, 4) is 0 Å². The van der Waals surface area contributed by atoms with Crippen LogP contribution in [0.3, 0.4) is 0 Å². The van der Waals surface area contributed by atoms with E-state index in [1.165, 1.54) is 6.07 Å². The number of rotatable bonds is 4. The molecular formula is C16H16F2N2O3. The fourth-order valence-corrected chi connectivity index (χ4v) is 2.28. The van der Waals surface area contributed by atoms with E-state index in [0.717, 1.165) is 12.1 Å². The number of aromatic nitrogens is 1. The average molecular weight is 322 g/mol. The number of benzene rings is 1. The number of carbonyl (C=O) groups is 2. The summed E-state index contributed by atoms with van der Waals surface area (Å²) in [5.41, 5.74) is 0.552. The second-order valence-electron chi connectivity index (χ2n) is 4.90. The van der Waals surface area contributed by atoms with Crippen LogP contribution < -0.4 is 5.32 Å². The fraction of sp³-hybridized carbons (Fsp3) is 0.250. The van der Waals surface area contributed by atoms with Crippen molar-refractivity contribution in [3.63, 3.8) is 0 Å². The van der Waals surface area contributed by atoms with Crippen LogP contribution in [-0.2, 0) is 4.74 Å². The number of carbonyl (C=O) groups excluding carboxylic acids is 2. The first-order chi connectivity index (χ1) is 10.9. The van der Waals surface area contributed by atoms with E-state index in [-0.39, 0.29) is 17.9 Å². The van der Waals surface area contributed by atoms with Crippen molar-refractivity contribution in [3.05, 3.63) is 52.3 Å². The van der Waals surface area contributed by atoms with Gasteiger partial charge in [0.05, 0.1) is 12.2 Å². The Morgan fingerprint density at radius 2 is 1.83 bits per heavy atom. The van der Waals surface area contributed by atoms with Crippen LogP contribution in [0.5, 0.6) is 0 Å². The highest BCUT2D eigenvalue weighted by Gasteiger charge is 2.24. The minimum atomic E-state index is -0.884. The maximum Gasteiger partial charge on any atom is 0.340 e. The van der Waals surface area contributed by atoms with Gasteiger partial charge in [0.15, 0.2) is 0 Å². The Labute approximate surface area is 131 Å². The van der Waals surface area contributed by atoms with Crippen LogP contribution in [0, 0.1) is 25.5 Å². The highest BCUT2D eigenvalue weighted by molar-refractivity contribution is 6.06. The number of anilines is 1. The molecule has 23 heavy (non-hydrogen) atoms. The van der Waals surface area contributed by atoms with Crippen LogP contribution in [0.25, 0.3) is 0 Å². The molecule has 1 heterocycles. The van der Waals surface area contributed by atoms with Crippen molar-refractivity contribution in [1.82, 2.24) is 4.98 Å². The van der Waals surface area contributed by atoms with Gasteiger partial charge in [-0.15, -0.1) is 0 Å². The Morgan fingerprint density at radius 1 is 1.22 bits per heavy atom. The molecule has 0 spiro atoms. The maximum absolute atomic E-state index is 13.6. The minimum Gasteiger partial charge on any atom is -0.462 e. The monoisotopic (exact) mass is 322 g/mol. The topological polar surface area (TPSA) is 71.2 Å². The molecule has 2 aromatic rings. The van der Waals surface area contributed by atoms with Crippen molar-refractivity contribution in [2.75, 3.05) is 11.9 Å². The summed E-state index contributed by atoms with van der Waals surface area (Å²) in [5.74, 6) is -3.07. The average Bonchev–Trinajstić information content (AvgIpc) is 2.78. The summed E-state index contributed by atoms with van der Waals surface area (Å²) in [4.78, 5) is 26.9. The molecule has 0 aliphatic carbocycles. The van der Waals surface area contributed by atoms with E-state index in [2.05, 4.69) is 10.3 Å². The van der Waals surface area contributed by atoms with Crippen molar-refractivity contribution in [1.29, 1.82) is 0 Å². The lowest BCUT2D eigenvalue weighted by atomic mass is 10.1. The maximum atomic E-state index is 13.6. The summed E-state index contributed by atoms with van der Waals surface area (Å²) in [5, 5.41) is 2.17. The summed E-state index contributed by atoms with van der Waals surface area (Å²) in [6, 6.07) is 3.27. The van der Waals surface area contributed by atoms with E-state index in [4.69, 9.17) is 4.74 Å². The number of hydrogen-bond acceptors (Lipinski definition) is 3. The van der Waals surface area contributed by atoms with Crippen LogP contribution in [0.2, 0.25) is 0 Å². The zero-order valence-corrected chi connectivity index (χ0v) is 12.9. The van der Waals surface area contributed by atoms with E-state index >= 15 is 0 Å². The predicted octanol–water partition coefficient (Wildman–Crippen LogP) is 3.34. The molecule has 0 fully saturated rings. The number of amides is 1. The molecule has 0 bridgehead atoms. The molecule has 5 nitrogen and oxygen atoms in total. The lowest BCUT2D eigenvalue weighted by molar-refractivity contribution is 0.0525. The summed E-state index contributed by atoms with van der Waals surface area (Å²) in [7, 11) is 0. The van der Waals surface area contributed by atoms with Crippen molar-refractivity contribution in [2.24, 2.45) is 0 Å². The zero-order chi connectivity index (χ0) is 17.1. The van der Waals surface area contributed by atoms with Crippen LogP contribution in [0.1, 0.15) is 39.0 Å². The number of H-pyrrole nitrogens is 1. The first kappa shape index (κ1) is 16.7. The first-order valence-electron chi connectivity index (χ1n) is 6.98. The Hall–Kier alpha value is -2.70. The fourth-order valence-electron chi connectivity index (χ4n) is 2.28. The second kappa shape index (κ2) is 6.60. The SMILES string of the molecule is CCOC(=O)c1c(C)[nH]c(C(=O)Nc2c(F)cccc2F)c1C. The second-order valence-corrected chi connectivity index (χ2v) is 4.90. The number of para-hydroxylation sites is 1. The molecule has 1 amide bonds. The molecule has 0 unspecified atom stereocenters. The Morgan fingerprint density at radius 3 is 2.39 bits per heavy atom. The molecule has 2 N–H and O–H groups in total. The van der Waals surface area contributed by atoms with Crippen molar-refractivity contribution < 1.29 is 23.1 Å². The summed E-state index contributed by atoms with van der Waals surface area (Å²) in [6.45, 7) is 5.04. The molecule has 0 aliphatic rings. The number of aryl methyl sites for hydroxylation is 1. The van der Waals surface area contributed by atoms with E-state index in [9.17, 15) is 18.4 Å². The summed E-state index contributed by atoms with van der Waals surface area (Å²) < 4.78 is 32.1. The van der Waals surface area contributed by atoms with E-state index in [1.807, 2.05) is 0 Å². The van der Waals surface area contributed by atoms with Gasteiger partial charge in [0.25, 0.3) is 5.91 Å². The normalized spacial score (nSPS) is 10.5. The molecular weight excluding hydrogens is 306 g/mol. The summed E-state index contributed by atoms with van der Waals surface area (Å²) >= 11 is 0. The molecule has 0 saturated carbocycles. The van der Waals surface area contributed by atoms with E-state index < -0.39 is 29.2 Å². The zero-order valence-electron chi connectivity index (χ0n) is 12.9. The number of aromatic amines is 1. The number of halogens is 2.